The van der Waals surface area contributed by atoms with E-state index in [0.29, 0.717) is 12.2 Å². The fraction of sp³-hybridized carbons (Fsp3) is 0.750. The van der Waals surface area contributed by atoms with E-state index in [0.717, 1.165) is 0 Å². The van der Waals surface area contributed by atoms with Crippen molar-refractivity contribution >= 4 is 29.7 Å². The summed E-state index contributed by atoms with van der Waals surface area (Å²) in [7, 11) is 0. The van der Waals surface area contributed by atoms with Crippen LogP contribution in [-0.4, -0.2) is 47.7 Å². The summed E-state index contributed by atoms with van der Waals surface area (Å²) < 4.78 is 15.3. The Morgan fingerprint density at radius 2 is 1.68 bits per heavy atom. The molecule has 1 heterocycles. The molecule has 0 amide bonds. The van der Waals surface area contributed by atoms with Gasteiger partial charge in [-0.1, -0.05) is 0 Å². The molecule has 1 rings (SSSR count). The molecule has 0 N–H and O–H groups in total. The summed E-state index contributed by atoms with van der Waals surface area (Å²) in [4.78, 5) is 32.8. The van der Waals surface area contributed by atoms with Crippen LogP contribution in [0.1, 0.15) is 27.2 Å². The third-order valence-corrected chi connectivity index (χ3v) is 3.94. The quantitative estimate of drug-likeness (QED) is 0.562. The molecular weight excluding hydrogens is 272 g/mol. The number of rotatable bonds is 4. The Labute approximate surface area is 116 Å². The lowest BCUT2D eigenvalue weighted by atomic mass is 10.1. The van der Waals surface area contributed by atoms with E-state index in [1.165, 1.54) is 32.5 Å². The van der Waals surface area contributed by atoms with Gasteiger partial charge < -0.3 is 14.2 Å². The lowest BCUT2D eigenvalue weighted by Crippen LogP contribution is -2.42. The zero-order chi connectivity index (χ0) is 14.4. The van der Waals surface area contributed by atoms with E-state index in [9.17, 15) is 14.4 Å². The SMILES string of the molecule is CC(=O)OC[C@H]1SC[C@@H](OC(C)=O)C[C@H]1OC(C)=O. The van der Waals surface area contributed by atoms with Gasteiger partial charge in [0.15, 0.2) is 0 Å². The minimum atomic E-state index is -0.417. The van der Waals surface area contributed by atoms with Gasteiger partial charge in [-0.3, -0.25) is 14.4 Å². The van der Waals surface area contributed by atoms with Gasteiger partial charge in [0.1, 0.15) is 18.8 Å². The van der Waals surface area contributed by atoms with Gasteiger partial charge in [0.2, 0.25) is 0 Å². The van der Waals surface area contributed by atoms with E-state index in [1.807, 2.05) is 0 Å². The van der Waals surface area contributed by atoms with Crippen LogP contribution in [0, 0.1) is 0 Å². The molecule has 6 nitrogen and oxygen atoms in total. The first-order valence-corrected chi connectivity index (χ1v) is 7.02. The van der Waals surface area contributed by atoms with Crippen molar-refractivity contribution in [3.8, 4) is 0 Å². The predicted molar refractivity (Wildman–Crippen MR) is 68.6 cm³/mol. The van der Waals surface area contributed by atoms with Gasteiger partial charge in [0.25, 0.3) is 0 Å². The molecule has 0 saturated carbocycles. The topological polar surface area (TPSA) is 78.9 Å². The molecule has 0 radical (unpaired) electrons. The van der Waals surface area contributed by atoms with Crippen molar-refractivity contribution in [2.24, 2.45) is 0 Å². The normalized spacial score (nSPS) is 26.4. The Balaban J connectivity index is 2.58. The van der Waals surface area contributed by atoms with Gasteiger partial charge in [-0.2, -0.15) is 0 Å². The maximum atomic E-state index is 11.1. The number of thioether (sulfide) groups is 1. The van der Waals surface area contributed by atoms with Crippen LogP contribution in [0.15, 0.2) is 0 Å². The maximum Gasteiger partial charge on any atom is 0.302 e. The Kier molecular flexibility index (Phi) is 6.14. The molecule has 19 heavy (non-hydrogen) atoms. The van der Waals surface area contributed by atoms with Crippen molar-refractivity contribution in [1.29, 1.82) is 0 Å². The fourth-order valence-electron chi connectivity index (χ4n) is 1.83. The van der Waals surface area contributed by atoms with Crippen LogP contribution in [0.5, 0.6) is 0 Å². The summed E-state index contributed by atoms with van der Waals surface area (Å²) in [5.74, 6) is -0.527. The highest BCUT2D eigenvalue weighted by Gasteiger charge is 2.35. The van der Waals surface area contributed by atoms with Gasteiger partial charge in [-0.05, 0) is 0 Å². The van der Waals surface area contributed by atoms with Crippen LogP contribution in [0.2, 0.25) is 0 Å². The van der Waals surface area contributed by atoms with Gasteiger partial charge >= 0.3 is 17.9 Å². The molecule has 0 aromatic rings. The molecule has 0 spiro atoms. The fourth-order valence-corrected chi connectivity index (χ4v) is 3.04. The largest absolute Gasteiger partial charge is 0.465 e. The first kappa shape index (κ1) is 15.8. The molecule has 1 fully saturated rings. The molecule has 0 aromatic heterocycles. The lowest BCUT2D eigenvalue weighted by Gasteiger charge is -2.34. The minimum Gasteiger partial charge on any atom is -0.465 e. The van der Waals surface area contributed by atoms with Crippen LogP contribution in [0.4, 0.5) is 0 Å². The Morgan fingerprint density at radius 3 is 2.21 bits per heavy atom. The molecule has 7 heteroatoms. The molecule has 0 aliphatic carbocycles. The van der Waals surface area contributed by atoms with Gasteiger partial charge in [-0.25, -0.2) is 0 Å². The van der Waals surface area contributed by atoms with Crippen molar-refractivity contribution in [2.75, 3.05) is 12.4 Å². The van der Waals surface area contributed by atoms with Crippen LogP contribution in [0.25, 0.3) is 0 Å². The lowest BCUT2D eigenvalue weighted by molar-refractivity contribution is -0.153. The van der Waals surface area contributed by atoms with E-state index < -0.39 is 12.1 Å². The molecule has 1 saturated heterocycles. The highest BCUT2D eigenvalue weighted by atomic mass is 32.2. The summed E-state index contributed by atoms with van der Waals surface area (Å²) in [5.41, 5.74) is 0. The minimum absolute atomic E-state index is 0.125. The van der Waals surface area contributed by atoms with Crippen molar-refractivity contribution < 1.29 is 28.6 Å². The second-order valence-corrected chi connectivity index (χ2v) is 5.56. The van der Waals surface area contributed by atoms with Gasteiger partial charge in [0, 0.05) is 32.9 Å². The van der Waals surface area contributed by atoms with E-state index in [1.54, 1.807) is 0 Å². The number of ether oxygens (including phenoxy) is 3. The average molecular weight is 290 g/mol. The molecule has 0 unspecified atom stereocenters. The molecule has 3 atom stereocenters. The zero-order valence-corrected chi connectivity index (χ0v) is 12.0. The summed E-state index contributed by atoms with van der Waals surface area (Å²) in [6.07, 6.45) is -0.265. The smallest absolute Gasteiger partial charge is 0.302 e. The van der Waals surface area contributed by atoms with E-state index in [2.05, 4.69) is 0 Å². The number of carbonyl (C=O) groups is 3. The van der Waals surface area contributed by atoms with Crippen LogP contribution in [0.3, 0.4) is 0 Å². The third kappa shape index (κ3) is 5.96. The molecule has 1 aliphatic rings. The zero-order valence-electron chi connectivity index (χ0n) is 11.2. The summed E-state index contributed by atoms with van der Waals surface area (Å²) in [6.45, 7) is 4.18. The standard InChI is InChI=1S/C12H18O6S/c1-7(13)16-5-12-11(18-9(3)15)4-10(6-19-12)17-8(2)14/h10-12H,4-6H2,1-3H3/t10-,11+,12+/m0/s1. The first-order valence-electron chi connectivity index (χ1n) is 5.98. The number of hydrogen-bond donors (Lipinski definition) is 0. The molecule has 1 aliphatic heterocycles. The second-order valence-electron chi connectivity index (χ2n) is 4.29. The summed E-state index contributed by atoms with van der Waals surface area (Å²) in [5, 5.41) is -0.125. The van der Waals surface area contributed by atoms with E-state index >= 15 is 0 Å². The average Bonchev–Trinajstić information content (AvgIpc) is 2.26. The summed E-state index contributed by atoms with van der Waals surface area (Å²) in [6, 6.07) is 0. The van der Waals surface area contributed by atoms with Gasteiger partial charge in [0.05, 0.1) is 5.25 Å². The van der Waals surface area contributed by atoms with Crippen molar-refractivity contribution in [2.45, 2.75) is 44.6 Å². The maximum absolute atomic E-state index is 11.1. The van der Waals surface area contributed by atoms with Gasteiger partial charge in [-0.15, -0.1) is 11.8 Å². The van der Waals surface area contributed by atoms with Crippen LogP contribution < -0.4 is 0 Å². The molecule has 108 valence electrons. The van der Waals surface area contributed by atoms with Crippen molar-refractivity contribution in [3.63, 3.8) is 0 Å². The Hall–Kier alpha value is -1.24. The van der Waals surface area contributed by atoms with Crippen molar-refractivity contribution in [3.05, 3.63) is 0 Å². The molecular formula is C12H18O6S. The number of carbonyl (C=O) groups excluding carboxylic acids is 3. The number of hydrogen-bond acceptors (Lipinski definition) is 7. The Morgan fingerprint density at radius 1 is 1.05 bits per heavy atom. The monoisotopic (exact) mass is 290 g/mol. The highest BCUT2D eigenvalue weighted by Crippen LogP contribution is 2.30. The molecule has 0 bridgehead atoms. The van der Waals surface area contributed by atoms with Crippen LogP contribution in [-0.2, 0) is 28.6 Å². The van der Waals surface area contributed by atoms with Crippen molar-refractivity contribution in [1.82, 2.24) is 0 Å². The predicted octanol–water partition coefficient (Wildman–Crippen LogP) is 0.918. The van der Waals surface area contributed by atoms with E-state index in [4.69, 9.17) is 14.2 Å². The Bertz CT molecular complexity index is 356. The number of esters is 3. The van der Waals surface area contributed by atoms with E-state index in [-0.39, 0.29) is 29.9 Å². The first-order chi connectivity index (χ1) is 8.88. The third-order valence-electron chi connectivity index (χ3n) is 2.51. The van der Waals surface area contributed by atoms with Crippen LogP contribution >= 0.6 is 11.8 Å². The molecule has 0 aromatic carbocycles. The highest BCUT2D eigenvalue weighted by molar-refractivity contribution is 8.00. The second kappa shape index (κ2) is 7.37. The summed E-state index contributed by atoms with van der Waals surface area (Å²) >= 11 is 1.47.